The van der Waals surface area contributed by atoms with E-state index in [9.17, 15) is 9.59 Å². The number of carbonyl (C=O) groups is 2. The number of rotatable bonds is 5. The fourth-order valence-corrected chi connectivity index (χ4v) is 3.48. The number of nitrogens with one attached hydrogen (secondary N) is 1. The zero-order valence-electron chi connectivity index (χ0n) is 15.3. The molecular weight excluding hydrogens is 330 g/mol. The van der Waals surface area contributed by atoms with Gasteiger partial charge in [-0.05, 0) is 25.3 Å². The highest BCUT2D eigenvalue weighted by Gasteiger charge is 2.29. The van der Waals surface area contributed by atoms with E-state index < -0.39 is 6.04 Å². The van der Waals surface area contributed by atoms with Crippen LogP contribution >= 0.6 is 0 Å². The number of hydrogen-bond donors (Lipinski definition) is 1. The van der Waals surface area contributed by atoms with Gasteiger partial charge >= 0.3 is 0 Å². The van der Waals surface area contributed by atoms with Gasteiger partial charge in [-0.3, -0.25) is 9.59 Å². The number of hydrogen-bond acceptors (Lipinski definition) is 4. The van der Waals surface area contributed by atoms with E-state index in [4.69, 9.17) is 0 Å². The second kappa shape index (κ2) is 8.12. The van der Waals surface area contributed by atoms with Gasteiger partial charge in [0.1, 0.15) is 18.2 Å². The predicted molar refractivity (Wildman–Crippen MR) is 97.4 cm³/mol. The van der Waals surface area contributed by atoms with E-state index in [1.54, 1.807) is 13.3 Å². The maximum Gasteiger partial charge on any atom is 0.244 e. The van der Waals surface area contributed by atoms with Gasteiger partial charge in [0, 0.05) is 25.9 Å². The van der Waals surface area contributed by atoms with Gasteiger partial charge in [0.2, 0.25) is 11.8 Å². The molecule has 1 aromatic heterocycles. The van der Waals surface area contributed by atoms with Crippen LogP contribution in [0.25, 0.3) is 0 Å². The SMILES string of the molecule is CC(=O)NC(C)C(=O)N1CCC(c2nncn2Cc2ccccc2)CC1. The van der Waals surface area contributed by atoms with Crippen molar-refractivity contribution in [2.75, 3.05) is 13.1 Å². The van der Waals surface area contributed by atoms with Gasteiger partial charge < -0.3 is 14.8 Å². The summed E-state index contributed by atoms with van der Waals surface area (Å²) in [5, 5.41) is 11.1. The fourth-order valence-electron chi connectivity index (χ4n) is 3.48. The van der Waals surface area contributed by atoms with Crippen molar-refractivity contribution in [3.8, 4) is 0 Å². The monoisotopic (exact) mass is 355 g/mol. The lowest BCUT2D eigenvalue weighted by atomic mass is 9.95. The third-order valence-electron chi connectivity index (χ3n) is 4.80. The molecule has 0 spiro atoms. The van der Waals surface area contributed by atoms with E-state index in [-0.39, 0.29) is 11.8 Å². The Kier molecular flexibility index (Phi) is 5.65. The van der Waals surface area contributed by atoms with Gasteiger partial charge in [0.25, 0.3) is 0 Å². The number of benzene rings is 1. The minimum Gasteiger partial charge on any atom is -0.345 e. The van der Waals surface area contributed by atoms with E-state index in [0.717, 1.165) is 25.2 Å². The summed E-state index contributed by atoms with van der Waals surface area (Å²) >= 11 is 0. The van der Waals surface area contributed by atoms with Crippen LogP contribution in [0.4, 0.5) is 0 Å². The average molecular weight is 355 g/mol. The van der Waals surface area contributed by atoms with Crippen molar-refractivity contribution in [3.05, 3.63) is 48.0 Å². The second-order valence-corrected chi connectivity index (χ2v) is 6.82. The standard InChI is InChI=1S/C19H25N5O2/c1-14(21-15(2)25)19(26)23-10-8-17(9-11-23)18-22-20-13-24(18)12-16-6-4-3-5-7-16/h3-7,13-14,17H,8-12H2,1-2H3,(H,21,25). The summed E-state index contributed by atoms with van der Waals surface area (Å²) in [4.78, 5) is 25.4. The Labute approximate surface area is 153 Å². The van der Waals surface area contributed by atoms with Crippen molar-refractivity contribution in [2.24, 2.45) is 0 Å². The molecule has 1 unspecified atom stereocenters. The summed E-state index contributed by atoms with van der Waals surface area (Å²) in [5.74, 6) is 1.07. The van der Waals surface area contributed by atoms with E-state index in [1.165, 1.54) is 12.5 Å². The van der Waals surface area contributed by atoms with Crippen LogP contribution in [0.15, 0.2) is 36.7 Å². The summed E-state index contributed by atoms with van der Waals surface area (Å²) < 4.78 is 2.09. The molecule has 2 aromatic rings. The predicted octanol–water partition coefficient (Wildman–Crippen LogP) is 1.56. The van der Waals surface area contributed by atoms with Crippen molar-refractivity contribution in [1.82, 2.24) is 25.0 Å². The fraction of sp³-hybridized carbons (Fsp3) is 0.474. The molecule has 1 fully saturated rings. The second-order valence-electron chi connectivity index (χ2n) is 6.82. The molecule has 0 aliphatic carbocycles. The Hall–Kier alpha value is -2.70. The number of likely N-dealkylation sites (tertiary alicyclic amines) is 1. The van der Waals surface area contributed by atoms with E-state index >= 15 is 0 Å². The molecule has 1 aliphatic rings. The van der Waals surface area contributed by atoms with Crippen LogP contribution in [0.1, 0.15) is 44.0 Å². The number of piperidine rings is 1. The largest absolute Gasteiger partial charge is 0.345 e. The first kappa shape index (κ1) is 18.1. The van der Waals surface area contributed by atoms with Gasteiger partial charge in [-0.25, -0.2) is 0 Å². The smallest absolute Gasteiger partial charge is 0.244 e. The molecule has 2 heterocycles. The molecule has 3 rings (SSSR count). The van der Waals surface area contributed by atoms with Crippen molar-refractivity contribution in [1.29, 1.82) is 0 Å². The van der Waals surface area contributed by atoms with E-state index in [2.05, 4.69) is 32.2 Å². The number of aromatic nitrogens is 3. The highest BCUT2D eigenvalue weighted by atomic mass is 16.2. The highest BCUT2D eigenvalue weighted by Crippen LogP contribution is 2.27. The Morgan fingerprint density at radius 3 is 2.58 bits per heavy atom. The first-order valence-corrected chi connectivity index (χ1v) is 9.02. The van der Waals surface area contributed by atoms with Crippen LogP contribution in [0, 0.1) is 0 Å². The normalized spacial score (nSPS) is 16.3. The van der Waals surface area contributed by atoms with Crippen LogP contribution < -0.4 is 5.32 Å². The van der Waals surface area contributed by atoms with E-state index in [1.807, 2.05) is 23.1 Å². The summed E-state index contributed by atoms with van der Waals surface area (Å²) in [6.07, 6.45) is 3.48. The van der Waals surface area contributed by atoms with Crippen molar-refractivity contribution >= 4 is 11.8 Å². The lowest BCUT2D eigenvalue weighted by molar-refractivity contribution is -0.136. The Bertz CT molecular complexity index is 750. The van der Waals surface area contributed by atoms with Gasteiger partial charge in [-0.15, -0.1) is 10.2 Å². The average Bonchev–Trinajstić information content (AvgIpc) is 3.09. The molecule has 1 aliphatic heterocycles. The first-order chi connectivity index (χ1) is 12.5. The van der Waals surface area contributed by atoms with Gasteiger partial charge in [-0.1, -0.05) is 30.3 Å². The Morgan fingerprint density at radius 2 is 1.92 bits per heavy atom. The third kappa shape index (κ3) is 4.28. The summed E-state index contributed by atoms with van der Waals surface area (Å²) in [6, 6.07) is 9.76. The molecular formula is C19H25N5O2. The Balaban J connectivity index is 1.60. The van der Waals surface area contributed by atoms with Crippen molar-refractivity contribution in [3.63, 3.8) is 0 Å². The van der Waals surface area contributed by atoms with Crippen molar-refractivity contribution in [2.45, 2.75) is 45.2 Å². The van der Waals surface area contributed by atoms with Gasteiger partial charge in [0.05, 0.1) is 6.54 Å². The quantitative estimate of drug-likeness (QED) is 0.883. The molecule has 2 amide bonds. The molecule has 1 aromatic carbocycles. The highest BCUT2D eigenvalue weighted by molar-refractivity contribution is 5.86. The van der Waals surface area contributed by atoms with Crippen LogP contribution in [0.5, 0.6) is 0 Å². The van der Waals surface area contributed by atoms with Crippen LogP contribution in [-0.4, -0.2) is 50.6 Å². The zero-order valence-corrected chi connectivity index (χ0v) is 15.3. The topological polar surface area (TPSA) is 80.1 Å². The Morgan fingerprint density at radius 1 is 1.23 bits per heavy atom. The maximum absolute atomic E-state index is 12.4. The van der Waals surface area contributed by atoms with Crippen LogP contribution in [0.3, 0.4) is 0 Å². The lowest BCUT2D eigenvalue weighted by Crippen LogP contribution is -2.48. The summed E-state index contributed by atoms with van der Waals surface area (Å²) in [7, 11) is 0. The molecule has 138 valence electrons. The molecule has 7 nitrogen and oxygen atoms in total. The summed E-state index contributed by atoms with van der Waals surface area (Å²) in [6.45, 7) is 5.25. The zero-order chi connectivity index (χ0) is 18.5. The number of nitrogens with zero attached hydrogens (tertiary/aromatic N) is 4. The van der Waals surface area contributed by atoms with E-state index in [0.29, 0.717) is 19.0 Å². The first-order valence-electron chi connectivity index (χ1n) is 9.02. The van der Waals surface area contributed by atoms with Crippen molar-refractivity contribution < 1.29 is 9.59 Å². The molecule has 1 atom stereocenters. The van der Waals surface area contributed by atoms with Gasteiger partial charge in [-0.2, -0.15) is 0 Å². The molecule has 0 bridgehead atoms. The maximum atomic E-state index is 12.4. The number of amides is 2. The molecule has 1 N–H and O–H groups in total. The lowest BCUT2D eigenvalue weighted by Gasteiger charge is -2.33. The molecule has 7 heteroatoms. The van der Waals surface area contributed by atoms with Crippen LogP contribution in [0.2, 0.25) is 0 Å². The third-order valence-corrected chi connectivity index (χ3v) is 4.80. The molecule has 1 saturated heterocycles. The molecule has 0 saturated carbocycles. The molecule has 26 heavy (non-hydrogen) atoms. The minimum absolute atomic E-state index is 0.0237. The number of carbonyl (C=O) groups excluding carboxylic acids is 2. The minimum atomic E-state index is -0.481. The van der Waals surface area contributed by atoms with Gasteiger partial charge in [0.15, 0.2) is 0 Å². The van der Waals surface area contributed by atoms with Crippen LogP contribution in [-0.2, 0) is 16.1 Å². The molecule has 0 radical (unpaired) electrons. The summed E-state index contributed by atoms with van der Waals surface area (Å²) in [5.41, 5.74) is 1.21.